The summed E-state index contributed by atoms with van der Waals surface area (Å²) in [6.45, 7) is 0. The molecule has 8 fully saturated rings. The van der Waals surface area contributed by atoms with Crippen molar-refractivity contribution in [2.24, 2.45) is 0 Å². The molecule has 0 aromatic heterocycles. The predicted molar refractivity (Wildman–Crippen MR) is 221 cm³/mol. The van der Waals surface area contributed by atoms with Gasteiger partial charge in [-0.3, -0.25) is 38.4 Å². The van der Waals surface area contributed by atoms with Crippen molar-refractivity contribution in [3.8, 4) is 0 Å². The van der Waals surface area contributed by atoms with Crippen LogP contribution in [0.5, 0.6) is 0 Å². The van der Waals surface area contributed by atoms with E-state index in [-0.39, 0.29) is 95.1 Å². The molecule has 8 heterocycles. The van der Waals surface area contributed by atoms with E-state index in [1.807, 2.05) is 0 Å². The van der Waals surface area contributed by atoms with Crippen LogP contribution in [-0.4, -0.2) is 191 Å². The summed E-state index contributed by atoms with van der Waals surface area (Å²) < 4.78 is 0. The Bertz CT molecular complexity index is 1680. The average Bonchev–Trinajstić information content (AvgIpc) is 4.14. The molecule has 0 radical (unpaired) electrons. The van der Waals surface area contributed by atoms with E-state index in [1.165, 1.54) is 0 Å². The minimum Gasteiger partial charge on any atom is -0.548 e. The maximum Gasteiger partial charge on any atom is 4.00 e. The number of nitrogens with one attached hydrogen (secondary N) is 8. The topological polar surface area (TPSA) is 554 Å². The SMILES string of the molecule is O=C1CCC(C(=O)[O-])N1.O=C1CCC(C(=O)[O-])N1.O=C1CCC(C(=O)[O-])N1.O=C1CCC(C(=O)[O-])N1.O=C1CCC(C(=O)[O-])N1.O=C1CCC(C(=O)[O-])N1.O=C1CCC(C(=O)[O-])N1.O=C1CCC(C(=O)[O-])N1.[Sn+4].[Sn+4]. The van der Waals surface area contributed by atoms with E-state index in [1.54, 1.807) is 0 Å². The van der Waals surface area contributed by atoms with Crippen molar-refractivity contribution in [1.29, 1.82) is 0 Å². The fourth-order valence-electron chi connectivity index (χ4n) is 6.33. The van der Waals surface area contributed by atoms with Crippen LogP contribution in [0, 0.1) is 0 Å². The predicted octanol–water partition coefficient (Wildman–Crippen LogP) is -16.6. The number of carboxylic acid groups (broad SMARTS) is 8. The second-order valence-corrected chi connectivity index (χ2v) is 15.8. The van der Waals surface area contributed by atoms with Crippen molar-refractivity contribution >= 4 is 143 Å². The normalized spacial score (nSPS) is 25.1. The number of hydrogen-bond donors (Lipinski definition) is 8. The largest absolute Gasteiger partial charge is 4.00 e. The van der Waals surface area contributed by atoms with Gasteiger partial charge in [-0.1, -0.05) is 0 Å². The van der Waals surface area contributed by atoms with Gasteiger partial charge in [0.2, 0.25) is 47.3 Å². The molecule has 8 unspecified atom stereocenters. The van der Waals surface area contributed by atoms with Crippen molar-refractivity contribution in [2.45, 2.75) is 151 Å². The molecule has 400 valence electrons. The molecule has 8 amide bonds. The fourth-order valence-corrected chi connectivity index (χ4v) is 6.33. The smallest absolute Gasteiger partial charge is 0.548 e. The summed E-state index contributed by atoms with van der Waals surface area (Å²) in [4.78, 5) is 163. The van der Waals surface area contributed by atoms with Gasteiger partial charge in [-0.25, -0.2) is 0 Å². The summed E-state index contributed by atoms with van der Waals surface area (Å²) in [6.07, 6.45) is 5.33. The average molecular weight is 1260 g/mol. The molecule has 0 saturated carbocycles. The Hall–Kier alpha value is -6.88. The first kappa shape index (κ1) is 69.2. The summed E-state index contributed by atoms with van der Waals surface area (Å²) in [5.74, 6) is -11.2. The molecule has 0 aromatic rings. The zero-order valence-electron chi connectivity index (χ0n) is 38.7. The molecule has 32 nitrogen and oxygen atoms in total. The van der Waals surface area contributed by atoms with Crippen LogP contribution in [0.15, 0.2) is 0 Å². The summed E-state index contributed by atoms with van der Waals surface area (Å²) in [5.41, 5.74) is 0. The van der Waals surface area contributed by atoms with Crippen LogP contribution in [-0.2, 0) is 76.7 Å². The first-order valence-electron chi connectivity index (χ1n) is 21.6. The Labute approximate surface area is 451 Å². The first-order chi connectivity index (χ1) is 33.6. The minimum absolute atomic E-state index is 0. The standard InChI is InChI=1S/8C5H7NO3.2Sn/c8*7-4-2-1-3(6-4)5(8)9;;/h8*3H,1-2H2,(H,6,7)(H,8,9);;/q;;;;;;;;2*+4/p-8. The minimum atomic E-state index is -1.19. The van der Waals surface area contributed by atoms with Gasteiger partial charge in [0.05, 0.1) is 96.1 Å². The maximum atomic E-state index is 10.4. The van der Waals surface area contributed by atoms with Crippen LogP contribution < -0.4 is 83.4 Å². The van der Waals surface area contributed by atoms with Crippen molar-refractivity contribution in [3.05, 3.63) is 0 Å². The van der Waals surface area contributed by atoms with Gasteiger partial charge in [0.15, 0.2) is 0 Å². The van der Waals surface area contributed by atoms with E-state index in [4.69, 9.17) is 0 Å². The maximum absolute atomic E-state index is 10.4. The number of rotatable bonds is 8. The zero-order chi connectivity index (χ0) is 54.8. The van der Waals surface area contributed by atoms with E-state index in [2.05, 4.69) is 42.5 Å². The Morgan fingerprint density at radius 3 is 0.338 bits per heavy atom. The van der Waals surface area contributed by atoms with Crippen LogP contribution in [0.2, 0.25) is 0 Å². The molecule has 8 saturated heterocycles. The van der Waals surface area contributed by atoms with Crippen molar-refractivity contribution < 1.29 is 118 Å². The number of amides is 8. The summed E-state index contributed by atoms with van der Waals surface area (Å²) in [6, 6.07) is -6.02. The molecule has 74 heavy (non-hydrogen) atoms. The van der Waals surface area contributed by atoms with Gasteiger partial charge in [-0.15, -0.1) is 0 Å². The van der Waals surface area contributed by atoms with Gasteiger partial charge >= 0.3 is 47.8 Å². The van der Waals surface area contributed by atoms with Crippen LogP contribution in [0.25, 0.3) is 0 Å². The molecule has 8 aliphatic heterocycles. The van der Waals surface area contributed by atoms with Crippen LogP contribution in [0.4, 0.5) is 0 Å². The summed E-state index contributed by atoms with van der Waals surface area (Å²) >= 11 is 0. The Morgan fingerprint density at radius 2 is 0.311 bits per heavy atom. The second kappa shape index (κ2) is 35.3. The monoisotopic (exact) mass is 1260 g/mol. The number of carbonyl (C=O) groups is 16. The Balaban J connectivity index is 0. The van der Waals surface area contributed by atoms with Gasteiger partial charge in [0.25, 0.3) is 0 Å². The third kappa shape index (κ3) is 28.4. The molecule has 0 spiro atoms. The van der Waals surface area contributed by atoms with Crippen LogP contribution in [0.3, 0.4) is 0 Å². The van der Waals surface area contributed by atoms with E-state index in [0.29, 0.717) is 103 Å². The molecule has 0 aliphatic carbocycles. The number of carbonyl (C=O) groups excluding carboxylic acids is 16. The summed E-state index contributed by atoms with van der Waals surface area (Å²) in [5, 5.41) is 98.2. The van der Waals surface area contributed by atoms with Gasteiger partial charge in [0, 0.05) is 51.4 Å². The summed E-state index contributed by atoms with van der Waals surface area (Å²) in [7, 11) is 0. The number of aliphatic carboxylic acids is 8. The quantitative estimate of drug-likeness (QED) is 0.105. The van der Waals surface area contributed by atoms with E-state index in [0.717, 1.165) is 0 Å². The molecule has 0 aromatic carbocycles. The third-order valence-electron chi connectivity index (χ3n) is 10.2. The van der Waals surface area contributed by atoms with Gasteiger partial charge in [-0.2, -0.15) is 0 Å². The molecule has 8 N–H and O–H groups in total. The van der Waals surface area contributed by atoms with E-state index >= 15 is 0 Å². The molecule has 8 atom stereocenters. The molecular weight excluding hydrogens is 1210 g/mol. The number of hydrogen-bond acceptors (Lipinski definition) is 24. The first-order valence-corrected chi connectivity index (χ1v) is 21.6. The van der Waals surface area contributed by atoms with E-state index in [9.17, 15) is 118 Å². The molecular formula is C40H48N8O24Sn2. The van der Waals surface area contributed by atoms with Gasteiger partial charge < -0.3 is 122 Å². The Kier molecular flexibility index (Phi) is 33.0. The molecule has 8 aliphatic rings. The second-order valence-electron chi connectivity index (χ2n) is 15.8. The third-order valence-corrected chi connectivity index (χ3v) is 10.2. The van der Waals surface area contributed by atoms with Gasteiger partial charge in [0.1, 0.15) is 0 Å². The molecule has 34 heteroatoms. The van der Waals surface area contributed by atoms with Gasteiger partial charge in [-0.05, 0) is 51.4 Å². The van der Waals surface area contributed by atoms with Crippen molar-refractivity contribution in [3.63, 3.8) is 0 Å². The number of carboxylic acids is 8. The van der Waals surface area contributed by atoms with Crippen LogP contribution >= 0.6 is 0 Å². The zero-order valence-corrected chi connectivity index (χ0v) is 44.4. The van der Waals surface area contributed by atoms with Crippen molar-refractivity contribution in [2.75, 3.05) is 0 Å². The Morgan fingerprint density at radius 1 is 0.230 bits per heavy atom. The molecule has 8 rings (SSSR count). The van der Waals surface area contributed by atoms with Crippen molar-refractivity contribution in [1.82, 2.24) is 42.5 Å². The molecule has 0 bridgehead atoms. The van der Waals surface area contributed by atoms with Crippen LogP contribution in [0.1, 0.15) is 103 Å². The van der Waals surface area contributed by atoms with E-state index < -0.39 is 96.1 Å². The fraction of sp³-hybridized carbons (Fsp3) is 0.600.